The zero-order chi connectivity index (χ0) is 43.5. The summed E-state index contributed by atoms with van der Waals surface area (Å²) in [6.45, 7) is 7.40. The van der Waals surface area contributed by atoms with E-state index in [9.17, 15) is 36.7 Å². The van der Waals surface area contributed by atoms with Crippen molar-refractivity contribution in [1.29, 1.82) is 0 Å². The zero-order valence-electron chi connectivity index (χ0n) is 34.8. The van der Waals surface area contributed by atoms with Crippen LogP contribution in [0.25, 0.3) is 10.8 Å². The van der Waals surface area contributed by atoms with E-state index in [1.165, 1.54) is 0 Å². The molecule has 3 fully saturated rings. The number of hydrogen-bond acceptors (Lipinski definition) is 10. The number of halogens is 2. The number of pyridine rings is 1. The molecule has 0 spiro atoms. The van der Waals surface area contributed by atoms with Crippen LogP contribution in [0.1, 0.15) is 91.5 Å². The normalized spacial score (nSPS) is 29.2. The lowest BCUT2D eigenvalue weighted by molar-refractivity contribution is -0.149. The summed E-state index contributed by atoms with van der Waals surface area (Å²) in [6.07, 6.45) is 1.34. The zero-order valence-corrected chi connectivity index (χ0v) is 35.7. The fourth-order valence-corrected chi connectivity index (χ4v) is 10.3. The third-order valence-electron chi connectivity index (χ3n) is 13.2. The standard InChI is InChI=1S/C42H55F2N5O10S/c1-23-10-7-8-11-25-21-42(25,38(52)47-60(55,56)41(5)15-16-41)46-33(50)31-20-27(22-48(31)36(51)32(24(2)18-23)49(39(53)54)40(3,4)37(43)44)59-35-29-14-13-26(57-6)19-30(29)28-12-9-17-58-34(28)45-35/h8,11,13-14,19,23-25,27,31-32,37H,7,9-10,12,15-18,20-22H2,1-6H3,(H,46,50)(H,47,52)(H,53,54)/t23-,24-,25-,27-,31+,32+,42-/m1/s1. The van der Waals surface area contributed by atoms with Gasteiger partial charge in [-0.2, -0.15) is 4.98 Å². The summed E-state index contributed by atoms with van der Waals surface area (Å²) in [4.78, 5) is 63.3. The number of sulfonamides is 1. The van der Waals surface area contributed by atoms with Gasteiger partial charge in [0.15, 0.2) is 0 Å². The summed E-state index contributed by atoms with van der Waals surface area (Å²) in [5, 5.41) is 14.8. The summed E-state index contributed by atoms with van der Waals surface area (Å²) in [5.41, 5.74) is -3.12. The van der Waals surface area contributed by atoms with Gasteiger partial charge in [0.2, 0.25) is 33.6 Å². The molecule has 7 rings (SSSR count). The molecule has 3 N–H and O–H groups in total. The molecule has 1 aromatic carbocycles. The lowest BCUT2D eigenvalue weighted by atomic mass is 9.85. The second kappa shape index (κ2) is 15.9. The Bertz CT molecular complexity index is 2200. The van der Waals surface area contributed by atoms with E-state index >= 15 is 4.79 Å². The second-order valence-corrected chi connectivity index (χ2v) is 20.3. The fraction of sp³-hybridized carbons (Fsp3) is 0.643. The molecule has 60 heavy (non-hydrogen) atoms. The molecule has 1 saturated heterocycles. The Morgan fingerprint density at radius 1 is 1.17 bits per heavy atom. The van der Waals surface area contributed by atoms with Gasteiger partial charge in [0.05, 0.1) is 25.0 Å². The number of carbonyl (C=O) groups excluding carboxylic acids is 3. The van der Waals surface area contributed by atoms with E-state index < -0.39 is 86.1 Å². The molecule has 5 aliphatic rings. The molecule has 0 unspecified atom stereocenters. The van der Waals surface area contributed by atoms with Gasteiger partial charge in [-0.15, -0.1) is 0 Å². The minimum Gasteiger partial charge on any atom is -0.497 e. The first-order valence-electron chi connectivity index (χ1n) is 20.7. The van der Waals surface area contributed by atoms with Gasteiger partial charge in [-0.25, -0.2) is 22.0 Å². The molecule has 18 heteroatoms. The Labute approximate surface area is 348 Å². The molecule has 2 saturated carbocycles. The van der Waals surface area contributed by atoms with Crippen molar-refractivity contribution in [1.82, 2.24) is 24.8 Å². The van der Waals surface area contributed by atoms with Gasteiger partial charge < -0.3 is 29.5 Å². The monoisotopic (exact) mass is 859 g/mol. The van der Waals surface area contributed by atoms with Crippen molar-refractivity contribution in [2.45, 2.75) is 133 Å². The average Bonchev–Trinajstić information content (AvgIpc) is 4.07. The van der Waals surface area contributed by atoms with E-state index in [0.717, 1.165) is 36.1 Å². The number of allylic oxidation sites excluding steroid dienone is 1. The number of fused-ring (bicyclic) bond motifs is 5. The molecule has 1 aromatic heterocycles. The fourth-order valence-electron chi connectivity index (χ4n) is 9.02. The Morgan fingerprint density at radius 3 is 2.57 bits per heavy atom. The number of aryl methyl sites for hydroxylation is 1. The first-order chi connectivity index (χ1) is 28.2. The molecular weight excluding hydrogens is 805 g/mol. The highest BCUT2D eigenvalue weighted by Gasteiger charge is 2.63. The molecule has 7 atom stereocenters. The highest BCUT2D eigenvalue weighted by molar-refractivity contribution is 7.91. The quantitative estimate of drug-likeness (QED) is 0.281. The minimum absolute atomic E-state index is 0.0903. The molecule has 2 aliphatic carbocycles. The number of nitrogens with zero attached hydrogens (tertiary/aromatic N) is 3. The number of methoxy groups -OCH3 is 1. The van der Waals surface area contributed by atoms with E-state index in [1.54, 1.807) is 39.2 Å². The molecule has 0 bridgehead atoms. The van der Waals surface area contributed by atoms with E-state index in [1.807, 2.05) is 19.1 Å². The van der Waals surface area contributed by atoms with Crippen LogP contribution in [0.4, 0.5) is 13.6 Å². The van der Waals surface area contributed by atoms with Crippen LogP contribution in [0.3, 0.4) is 0 Å². The molecule has 2 aromatic rings. The number of rotatable bonds is 9. The number of nitrogens with one attached hydrogen (secondary N) is 2. The summed E-state index contributed by atoms with van der Waals surface area (Å²) in [7, 11) is -2.55. The summed E-state index contributed by atoms with van der Waals surface area (Å²) in [5.74, 6) is -2.92. The van der Waals surface area contributed by atoms with Crippen LogP contribution in [-0.2, 0) is 30.8 Å². The Kier molecular flexibility index (Phi) is 11.5. The predicted octanol–water partition coefficient (Wildman–Crippen LogP) is 5.19. The van der Waals surface area contributed by atoms with Crippen molar-refractivity contribution in [3.8, 4) is 17.5 Å². The van der Waals surface area contributed by atoms with Crippen LogP contribution in [0, 0.1) is 17.8 Å². The maximum Gasteiger partial charge on any atom is 0.408 e. The van der Waals surface area contributed by atoms with Crippen LogP contribution in [0.2, 0.25) is 0 Å². The van der Waals surface area contributed by atoms with Gasteiger partial charge in [-0.3, -0.25) is 24.0 Å². The smallest absolute Gasteiger partial charge is 0.408 e. The number of alkyl halides is 2. The Morgan fingerprint density at radius 2 is 1.90 bits per heavy atom. The largest absolute Gasteiger partial charge is 0.497 e. The number of carbonyl (C=O) groups is 4. The van der Waals surface area contributed by atoms with Crippen molar-refractivity contribution in [2.24, 2.45) is 17.8 Å². The summed E-state index contributed by atoms with van der Waals surface area (Å²) < 4.78 is 75.1. The minimum atomic E-state index is -4.10. The first kappa shape index (κ1) is 43.4. The molecule has 4 heterocycles. The number of amides is 4. The Balaban J connectivity index is 1.30. The van der Waals surface area contributed by atoms with Crippen molar-refractivity contribution in [3.05, 3.63) is 35.9 Å². The van der Waals surface area contributed by atoms with Crippen molar-refractivity contribution in [3.63, 3.8) is 0 Å². The molecular formula is C42H55F2N5O10S. The van der Waals surface area contributed by atoms with E-state index in [0.29, 0.717) is 67.0 Å². The lowest BCUT2D eigenvalue weighted by Gasteiger charge is -2.44. The first-order valence-corrected chi connectivity index (χ1v) is 22.2. The van der Waals surface area contributed by atoms with Crippen molar-refractivity contribution < 1.29 is 55.7 Å². The highest BCUT2D eigenvalue weighted by atomic mass is 32.2. The van der Waals surface area contributed by atoms with Gasteiger partial charge in [0.1, 0.15) is 35.0 Å². The SMILES string of the molecule is COc1ccc2c(O[C@@H]3C[C@H]4C(=O)N[C@]5(C(=O)NS(=O)(=O)C6(C)CC6)C[C@H]5C=CCC[C@@H](C)C[C@@H](C)[C@H](N(C(=O)O)C(C)(C)C(F)F)C(=O)N4C3)nc3c(c2c1)CCCO3. The predicted molar refractivity (Wildman–Crippen MR) is 215 cm³/mol. The Hall–Kier alpha value is -4.74. The molecule has 3 aliphatic heterocycles. The van der Waals surface area contributed by atoms with Crippen LogP contribution in [0.5, 0.6) is 17.5 Å². The average molecular weight is 860 g/mol. The van der Waals surface area contributed by atoms with Crippen LogP contribution < -0.4 is 24.2 Å². The molecule has 0 radical (unpaired) electrons. The maximum atomic E-state index is 15.1. The third-order valence-corrected chi connectivity index (χ3v) is 15.3. The number of hydrogen-bond donors (Lipinski definition) is 3. The lowest BCUT2D eigenvalue weighted by Crippen LogP contribution is -2.64. The third kappa shape index (κ3) is 7.95. The van der Waals surface area contributed by atoms with Gasteiger partial charge in [0, 0.05) is 23.3 Å². The van der Waals surface area contributed by atoms with Crippen LogP contribution in [-0.4, -0.2) is 113 Å². The van der Waals surface area contributed by atoms with Crippen molar-refractivity contribution >= 4 is 44.6 Å². The molecule has 4 amide bonds. The van der Waals surface area contributed by atoms with E-state index in [2.05, 4.69) is 10.0 Å². The number of benzene rings is 1. The van der Waals surface area contributed by atoms with Gasteiger partial charge in [-0.05, 0) is 108 Å². The number of carboxylic acid groups (broad SMARTS) is 1. The second-order valence-electron chi connectivity index (χ2n) is 18.1. The van der Waals surface area contributed by atoms with Gasteiger partial charge >= 0.3 is 6.09 Å². The van der Waals surface area contributed by atoms with Crippen LogP contribution >= 0.6 is 0 Å². The van der Waals surface area contributed by atoms with Gasteiger partial charge in [-0.1, -0.05) is 26.0 Å². The van der Waals surface area contributed by atoms with Gasteiger partial charge in [0.25, 0.3) is 12.3 Å². The van der Waals surface area contributed by atoms with E-state index in [-0.39, 0.29) is 31.2 Å². The number of ether oxygens (including phenoxy) is 3. The highest BCUT2D eigenvalue weighted by Crippen LogP contribution is 2.48. The molecule has 15 nitrogen and oxygen atoms in total. The molecule has 328 valence electrons. The number of aromatic nitrogens is 1. The topological polar surface area (TPSA) is 194 Å². The van der Waals surface area contributed by atoms with Crippen LogP contribution in [0.15, 0.2) is 30.4 Å². The maximum absolute atomic E-state index is 15.1. The summed E-state index contributed by atoms with van der Waals surface area (Å²) >= 11 is 0. The summed E-state index contributed by atoms with van der Waals surface area (Å²) in [6, 6.07) is 2.34. The van der Waals surface area contributed by atoms with Crippen molar-refractivity contribution in [2.75, 3.05) is 20.3 Å². The van der Waals surface area contributed by atoms with E-state index in [4.69, 9.17) is 19.2 Å².